The lowest BCUT2D eigenvalue weighted by molar-refractivity contribution is 0.102. The normalized spacial score (nSPS) is 10.5. The van der Waals surface area contributed by atoms with E-state index in [0.717, 1.165) is 12.5 Å². The number of rotatable bonds is 6. The molecule has 4 rings (SSSR count). The molecular weight excluding hydrogens is 400 g/mol. The Morgan fingerprint density at radius 2 is 0.871 bits per heavy atom. The first-order valence-electron chi connectivity index (χ1n) is 9.15. The third kappa shape index (κ3) is 4.56. The molecule has 0 atom stereocenters. The van der Waals surface area contributed by atoms with E-state index in [9.17, 15) is 19.2 Å². The first kappa shape index (κ1) is 19.8. The van der Waals surface area contributed by atoms with Gasteiger partial charge in [-0.1, -0.05) is 0 Å². The predicted octanol–water partition coefficient (Wildman–Crippen LogP) is 3.85. The maximum Gasteiger partial charge on any atom is 0.335 e. The minimum atomic E-state index is -0.525. The molecule has 0 bridgehead atoms. The molecular formula is C24H14O7. The highest BCUT2D eigenvalue weighted by Gasteiger charge is 2.12. The molecule has 2 heterocycles. The Bertz CT molecular complexity index is 1210. The summed E-state index contributed by atoms with van der Waals surface area (Å²) in [7, 11) is 0. The third-order valence-electron chi connectivity index (χ3n) is 4.40. The Labute approximate surface area is 175 Å². The van der Waals surface area contributed by atoms with Crippen LogP contribution in [0.2, 0.25) is 0 Å². The standard InChI is InChI=1S/C24H14O7/c25-21-11-5-17(13-29-21)23(27)15-1-7-19(8-2-15)31-20-9-3-16(4-10-20)24(28)18-6-12-22(26)30-14-18/h1-14H. The highest BCUT2D eigenvalue weighted by Crippen LogP contribution is 2.23. The first-order chi connectivity index (χ1) is 15.0. The highest BCUT2D eigenvalue weighted by atomic mass is 16.5. The molecule has 0 aliphatic rings. The lowest BCUT2D eigenvalue weighted by atomic mass is 10.1. The Balaban J connectivity index is 1.44. The summed E-state index contributed by atoms with van der Waals surface area (Å²) < 4.78 is 15.2. The van der Waals surface area contributed by atoms with Crippen molar-refractivity contribution in [3.8, 4) is 11.5 Å². The van der Waals surface area contributed by atoms with Crippen molar-refractivity contribution in [3.63, 3.8) is 0 Å². The molecule has 0 fully saturated rings. The zero-order valence-electron chi connectivity index (χ0n) is 15.9. The number of ketones is 2. The molecule has 0 unspecified atom stereocenters. The van der Waals surface area contributed by atoms with Crippen LogP contribution in [0, 0.1) is 0 Å². The van der Waals surface area contributed by atoms with Crippen LogP contribution < -0.4 is 16.0 Å². The average molecular weight is 414 g/mol. The van der Waals surface area contributed by atoms with Gasteiger partial charge in [0, 0.05) is 23.3 Å². The van der Waals surface area contributed by atoms with Crippen LogP contribution in [-0.2, 0) is 0 Å². The Hall–Kier alpha value is -4.52. The van der Waals surface area contributed by atoms with Crippen molar-refractivity contribution in [2.45, 2.75) is 0 Å². The fourth-order valence-electron chi connectivity index (χ4n) is 2.79. The van der Waals surface area contributed by atoms with Gasteiger partial charge in [-0.3, -0.25) is 9.59 Å². The van der Waals surface area contributed by atoms with E-state index in [1.807, 2.05) is 0 Å². The summed E-state index contributed by atoms with van der Waals surface area (Å²) in [4.78, 5) is 46.8. The van der Waals surface area contributed by atoms with E-state index in [2.05, 4.69) is 0 Å². The van der Waals surface area contributed by atoms with Crippen LogP contribution in [-0.4, -0.2) is 11.6 Å². The SMILES string of the molecule is O=C(c1ccc(Oc2ccc(C(=O)c3ccc(=O)oc3)cc2)cc1)c1ccc(=O)oc1. The molecule has 7 nitrogen and oxygen atoms in total. The molecule has 0 aliphatic heterocycles. The highest BCUT2D eigenvalue weighted by molar-refractivity contribution is 6.09. The van der Waals surface area contributed by atoms with E-state index >= 15 is 0 Å². The zero-order valence-corrected chi connectivity index (χ0v) is 15.9. The second-order valence-corrected chi connectivity index (χ2v) is 6.50. The van der Waals surface area contributed by atoms with Gasteiger partial charge in [0.25, 0.3) is 0 Å². The fraction of sp³-hybridized carbons (Fsp3) is 0. The van der Waals surface area contributed by atoms with Crippen LogP contribution in [0.25, 0.3) is 0 Å². The number of benzene rings is 2. The minimum absolute atomic E-state index is 0.270. The number of hydrogen-bond donors (Lipinski definition) is 0. The summed E-state index contributed by atoms with van der Waals surface area (Å²) in [5.74, 6) is 0.435. The summed E-state index contributed by atoms with van der Waals surface area (Å²) in [6.45, 7) is 0. The summed E-state index contributed by atoms with van der Waals surface area (Å²) >= 11 is 0. The molecule has 0 spiro atoms. The minimum Gasteiger partial charge on any atom is -0.457 e. The van der Waals surface area contributed by atoms with Gasteiger partial charge in [-0.25, -0.2) is 9.59 Å². The van der Waals surface area contributed by atoms with Crippen molar-refractivity contribution in [1.82, 2.24) is 0 Å². The number of carbonyl (C=O) groups excluding carboxylic acids is 2. The van der Waals surface area contributed by atoms with Gasteiger partial charge in [0.2, 0.25) is 0 Å². The van der Waals surface area contributed by atoms with Crippen molar-refractivity contribution < 1.29 is 23.2 Å². The van der Waals surface area contributed by atoms with Crippen molar-refractivity contribution in [3.05, 3.63) is 128 Å². The van der Waals surface area contributed by atoms with Gasteiger partial charge in [-0.05, 0) is 60.7 Å². The van der Waals surface area contributed by atoms with Gasteiger partial charge in [0.1, 0.15) is 24.0 Å². The van der Waals surface area contributed by atoms with Crippen LogP contribution in [0.5, 0.6) is 11.5 Å². The van der Waals surface area contributed by atoms with Crippen LogP contribution in [0.4, 0.5) is 0 Å². The van der Waals surface area contributed by atoms with E-state index in [4.69, 9.17) is 13.6 Å². The monoisotopic (exact) mass is 414 g/mol. The zero-order chi connectivity index (χ0) is 21.8. The van der Waals surface area contributed by atoms with Crippen LogP contribution in [0.1, 0.15) is 31.8 Å². The lowest BCUT2D eigenvalue weighted by Gasteiger charge is -2.07. The third-order valence-corrected chi connectivity index (χ3v) is 4.40. The van der Waals surface area contributed by atoms with Gasteiger partial charge < -0.3 is 13.6 Å². The summed E-state index contributed by atoms with van der Waals surface area (Å²) in [5, 5.41) is 0. The Kier molecular flexibility index (Phi) is 5.40. The second kappa shape index (κ2) is 8.46. The molecule has 7 heteroatoms. The number of hydrogen-bond acceptors (Lipinski definition) is 7. The van der Waals surface area contributed by atoms with Crippen molar-refractivity contribution >= 4 is 11.6 Å². The molecule has 2 aromatic carbocycles. The maximum atomic E-state index is 12.4. The number of carbonyl (C=O) groups is 2. The van der Waals surface area contributed by atoms with Crippen LogP contribution >= 0.6 is 0 Å². The summed E-state index contributed by atoms with van der Waals surface area (Å²) in [6.07, 6.45) is 2.25. The van der Waals surface area contributed by atoms with E-state index in [0.29, 0.717) is 22.6 Å². The van der Waals surface area contributed by atoms with Crippen molar-refractivity contribution in [2.75, 3.05) is 0 Å². The van der Waals surface area contributed by atoms with Gasteiger partial charge >= 0.3 is 11.3 Å². The molecule has 0 N–H and O–H groups in total. The van der Waals surface area contributed by atoms with Crippen LogP contribution in [0.3, 0.4) is 0 Å². The van der Waals surface area contributed by atoms with E-state index in [1.54, 1.807) is 48.5 Å². The smallest absolute Gasteiger partial charge is 0.335 e. The molecule has 0 radical (unpaired) electrons. The van der Waals surface area contributed by atoms with E-state index < -0.39 is 11.3 Å². The fourth-order valence-corrected chi connectivity index (χ4v) is 2.79. The molecule has 4 aromatic rings. The second-order valence-electron chi connectivity index (χ2n) is 6.50. The molecule has 31 heavy (non-hydrogen) atoms. The maximum absolute atomic E-state index is 12.4. The van der Waals surface area contributed by atoms with E-state index in [1.165, 1.54) is 24.3 Å². The van der Waals surface area contributed by atoms with Crippen molar-refractivity contribution in [1.29, 1.82) is 0 Å². The first-order valence-corrected chi connectivity index (χ1v) is 9.15. The summed E-state index contributed by atoms with van der Waals surface area (Å²) in [6, 6.07) is 18.1. The molecule has 0 saturated carbocycles. The number of ether oxygens (including phenoxy) is 1. The predicted molar refractivity (Wildman–Crippen MR) is 110 cm³/mol. The quantitative estimate of drug-likeness (QED) is 0.442. The Morgan fingerprint density at radius 3 is 1.19 bits per heavy atom. The lowest BCUT2D eigenvalue weighted by Crippen LogP contribution is -2.04. The van der Waals surface area contributed by atoms with Crippen molar-refractivity contribution in [2.24, 2.45) is 0 Å². The van der Waals surface area contributed by atoms with Crippen LogP contribution in [0.15, 0.2) is 104 Å². The molecule has 0 saturated heterocycles. The molecule has 0 aliphatic carbocycles. The molecule has 2 aromatic heterocycles. The van der Waals surface area contributed by atoms with Gasteiger partial charge in [0.15, 0.2) is 11.6 Å². The van der Waals surface area contributed by atoms with Gasteiger partial charge in [-0.2, -0.15) is 0 Å². The average Bonchev–Trinajstić information content (AvgIpc) is 2.80. The van der Waals surface area contributed by atoms with Gasteiger partial charge in [-0.15, -0.1) is 0 Å². The molecule has 152 valence electrons. The topological polar surface area (TPSA) is 104 Å². The van der Waals surface area contributed by atoms with Gasteiger partial charge in [0.05, 0.1) is 11.1 Å². The largest absolute Gasteiger partial charge is 0.457 e. The molecule has 0 amide bonds. The Morgan fingerprint density at radius 1 is 0.516 bits per heavy atom. The van der Waals surface area contributed by atoms with E-state index in [-0.39, 0.29) is 22.7 Å². The summed E-state index contributed by atoms with van der Waals surface area (Å²) in [5.41, 5.74) is 0.317.